The predicted octanol–water partition coefficient (Wildman–Crippen LogP) is 2.05. The first-order chi connectivity index (χ1) is 14.4. The Kier molecular flexibility index (Phi) is 7.67. The lowest BCUT2D eigenvalue weighted by Crippen LogP contribution is -2.42. The molecule has 31 heavy (non-hydrogen) atoms. The molecule has 168 valence electrons. The summed E-state index contributed by atoms with van der Waals surface area (Å²) >= 11 is 0. The molecule has 0 unspecified atom stereocenters. The van der Waals surface area contributed by atoms with Gasteiger partial charge in [-0.3, -0.25) is 19.2 Å². The number of carbonyl (C=O) groups is 5. The molecule has 1 aromatic carbocycles. The van der Waals surface area contributed by atoms with Crippen LogP contribution in [0.4, 0.5) is 0 Å². The highest BCUT2D eigenvalue weighted by atomic mass is 16.7. The fourth-order valence-corrected chi connectivity index (χ4v) is 2.66. The molecule has 0 radical (unpaired) electrons. The monoisotopic (exact) mass is 432 g/mol. The summed E-state index contributed by atoms with van der Waals surface area (Å²) in [7, 11) is 0. The summed E-state index contributed by atoms with van der Waals surface area (Å²) < 4.78 is 5.87. The van der Waals surface area contributed by atoms with Crippen LogP contribution in [0.15, 0.2) is 24.3 Å². The minimum absolute atomic E-state index is 0.00381. The normalized spacial score (nSPS) is 14.5. The molecule has 1 aromatic rings. The van der Waals surface area contributed by atoms with Crippen LogP contribution in [0.5, 0.6) is 0 Å². The van der Waals surface area contributed by atoms with E-state index in [1.54, 1.807) is 38.1 Å². The fourth-order valence-electron chi connectivity index (χ4n) is 2.66. The predicted molar refractivity (Wildman–Crippen MR) is 110 cm³/mol. The van der Waals surface area contributed by atoms with Gasteiger partial charge in [0.25, 0.3) is 17.7 Å². The molecule has 0 spiro atoms. The van der Waals surface area contributed by atoms with Gasteiger partial charge < -0.3 is 14.9 Å². The summed E-state index contributed by atoms with van der Waals surface area (Å²) in [5.41, 5.74) is -0.819. The number of nitrogens with zero attached hydrogens (tertiary/aromatic N) is 1. The lowest BCUT2D eigenvalue weighted by molar-refractivity contribution is -0.207. The fraction of sp³-hybridized carbons (Fsp3) is 0.500. The Hall–Kier alpha value is -3.07. The number of rotatable bonds is 10. The molecule has 1 N–H and O–H groups in total. The molecular weight excluding hydrogens is 404 g/mol. The van der Waals surface area contributed by atoms with Crippen molar-refractivity contribution >= 4 is 30.0 Å². The van der Waals surface area contributed by atoms with Gasteiger partial charge in [0.05, 0.1) is 17.6 Å². The average molecular weight is 432 g/mol. The number of aldehydes is 1. The molecule has 0 saturated carbocycles. The second-order valence-corrected chi connectivity index (χ2v) is 8.64. The highest BCUT2D eigenvalue weighted by Gasteiger charge is 2.39. The van der Waals surface area contributed by atoms with E-state index in [4.69, 9.17) is 9.57 Å². The van der Waals surface area contributed by atoms with Crippen molar-refractivity contribution in [2.45, 2.75) is 52.6 Å². The van der Waals surface area contributed by atoms with E-state index in [0.29, 0.717) is 35.4 Å². The van der Waals surface area contributed by atoms with Gasteiger partial charge in [0.1, 0.15) is 6.29 Å². The van der Waals surface area contributed by atoms with Crippen LogP contribution in [0.2, 0.25) is 0 Å². The number of hydroxylamine groups is 2. The van der Waals surface area contributed by atoms with E-state index >= 15 is 0 Å². The molecule has 3 amide bonds. The van der Waals surface area contributed by atoms with Gasteiger partial charge in [0.2, 0.25) is 0 Å². The number of hydrogen-bond acceptors (Lipinski definition) is 7. The van der Waals surface area contributed by atoms with E-state index in [2.05, 4.69) is 5.32 Å². The van der Waals surface area contributed by atoms with E-state index in [0.717, 1.165) is 0 Å². The van der Waals surface area contributed by atoms with Crippen molar-refractivity contribution < 1.29 is 33.5 Å². The van der Waals surface area contributed by atoms with Crippen molar-refractivity contribution in [3.05, 3.63) is 35.4 Å². The highest BCUT2D eigenvalue weighted by molar-refractivity contribution is 6.01. The number of amides is 3. The third-order valence-corrected chi connectivity index (χ3v) is 4.88. The molecule has 9 nitrogen and oxygen atoms in total. The third-order valence-electron chi connectivity index (χ3n) is 4.88. The van der Waals surface area contributed by atoms with Crippen molar-refractivity contribution in [3.8, 4) is 0 Å². The lowest BCUT2D eigenvalue weighted by Gasteiger charge is -2.31. The molecule has 0 aromatic heterocycles. The van der Waals surface area contributed by atoms with E-state index in [1.165, 1.54) is 0 Å². The molecule has 1 heterocycles. The Balaban J connectivity index is 1.80. The summed E-state index contributed by atoms with van der Waals surface area (Å²) in [6, 6.07) is 6.29. The summed E-state index contributed by atoms with van der Waals surface area (Å²) in [6.45, 7) is 7.18. The van der Waals surface area contributed by atoms with Crippen molar-refractivity contribution in [1.82, 2.24) is 10.4 Å². The second-order valence-electron chi connectivity index (χ2n) is 8.64. The van der Waals surface area contributed by atoms with Crippen LogP contribution >= 0.6 is 0 Å². The van der Waals surface area contributed by atoms with Crippen molar-refractivity contribution in [2.24, 2.45) is 5.41 Å². The number of imide groups is 1. The number of carbonyl (C=O) groups excluding carboxylic acids is 5. The summed E-state index contributed by atoms with van der Waals surface area (Å²) in [5.74, 6) is -2.07. The molecule has 1 aliphatic rings. The van der Waals surface area contributed by atoms with Crippen LogP contribution in [0.1, 0.15) is 67.7 Å². The Morgan fingerprint density at radius 3 is 2.19 bits per heavy atom. The maximum absolute atomic E-state index is 12.4. The molecule has 1 saturated heterocycles. The van der Waals surface area contributed by atoms with Crippen molar-refractivity contribution in [3.63, 3.8) is 0 Å². The maximum atomic E-state index is 12.4. The molecule has 9 heteroatoms. The zero-order valence-electron chi connectivity index (χ0n) is 18.2. The standard InChI is InChI=1S/C22H28N2O7/c1-21(2,20(29)31-24-17(26)9-10-18(24)27)14-30-22(3,4)11-12-23-19(28)16-7-5-15(13-25)6-8-16/h5-8,13H,9-12,14H2,1-4H3,(H,23,28). The number of nitrogens with one attached hydrogen (secondary N) is 1. The van der Waals surface area contributed by atoms with E-state index < -0.39 is 28.8 Å². The Bertz CT molecular complexity index is 843. The van der Waals surface area contributed by atoms with Gasteiger partial charge in [-0.05, 0) is 46.2 Å². The third kappa shape index (κ3) is 6.71. The zero-order chi connectivity index (χ0) is 23.2. The average Bonchev–Trinajstić information content (AvgIpc) is 3.04. The molecular formula is C22H28N2O7. The first kappa shape index (κ1) is 24.2. The molecule has 1 aliphatic heterocycles. The van der Waals surface area contributed by atoms with Gasteiger partial charge in [-0.2, -0.15) is 0 Å². The zero-order valence-corrected chi connectivity index (χ0v) is 18.2. The largest absolute Gasteiger partial charge is 0.374 e. The Morgan fingerprint density at radius 1 is 1.06 bits per heavy atom. The number of ether oxygens (including phenoxy) is 1. The van der Waals surface area contributed by atoms with Gasteiger partial charge in [0.15, 0.2) is 0 Å². The molecule has 0 atom stereocenters. The highest BCUT2D eigenvalue weighted by Crippen LogP contribution is 2.25. The molecule has 0 aliphatic carbocycles. The van der Waals surface area contributed by atoms with Gasteiger partial charge in [-0.1, -0.05) is 12.1 Å². The Labute approximate surface area is 181 Å². The van der Waals surface area contributed by atoms with Gasteiger partial charge in [-0.25, -0.2) is 4.79 Å². The van der Waals surface area contributed by atoms with Crippen LogP contribution in [0.25, 0.3) is 0 Å². The summed E-state index contributed by atoms with van der Waals surface area (Å²) in [4.78, 5) is 63.5. The van der Waals surface area contributed by atoms with Crippen LogP contribution in [-0.4, -0.2) is 53.8 Å². The summed E-state index contributed by atoms with van der Waals surface area (Å²) in [5, 5.41) is 3.31. The van der Waals surface area contributed by atoms with E-state index in [1.807, 2.05) is 13.8 Å². The van der Waals surface area contributed by atoms with Crippen LogP contribution in [-0.2, 0) is 24.0 Å². The van der Waals surface area contributed by atoms with E-state index in [9.17, 15) is 24.0 Å². The summed E-state index contributed by atoms with van der Waals surface area (Å²) in [6.07, 6.45) is 1.24. The van der Waals surface area contributed by atoms with Gasteiger partial charge in [-0.15, -0.1) is 5.06 Å². The lowest BCUT2D eigenvalue weighted by atomic mass is 9.94. The van der Waals surface area contributed by atoms with Crippen LogP contribution < -0.4 is 5.32 Å². The van der Waals surface area contributed by atoms with Gasteiger partial charge in [0, 0.05) is 30.5 Å². The quantitative estimate of drug-likeness (QED) is 0.444. The smallest absolute Gasteiger partial charge is 0.341 e. The molecule has 1 fully saturated rings. The second kappa shape index (κ2) is 9.82. The Morgan fingerprint density at radius 2 is 1.65 bits per heavy atom. The minimum atomic E-state index is -1.09. The first-order valence-corrected chi connectivity index (χ1v) is 10.0. The molecule has 2 rings (SSSR count). The SMILES string of the molecule is CC(C)(CCNC(=O)c1ccc(C=O)cc1)OCC(C)(C)C(=O)ON1C(=O)CCC1=O. The molecule has 0 bridgehead atoms. The van der Waals surface area contributed by atoms with Crippen LogP contribution in [0, 0.1) is 5.41 Å². The minimum Gasteiger partial charge on any atom is -0.374 e. The maximum Gasteiger partial charge on any atom is 0.341 e. The van der Waals surface area contributed by atoms with Crippen molar-refractivity contribution in [1.29, 1.82) is 0 Å². The topological polar surface area (TPSA) is 119 Å². The van der Waals surface area contributed by atoms with E-state index in [-0.39, 0.29) is 25.4 Å². The number of benzene rings is 1. The van der Waals surface area contributed by atoms with Crippen molar-refractivity contribution in [2.75, 3.05) is 13.2 Å². The van der Waals surface area contributed by atoms with Gasteiger partial charge >= 0.3 is 5.97 Å². The number of hydrogen-bond donors (Lipinski definition) is 1. The van der Waals surface area contributed by atoms with Crippen LogP contribution in [0.3, 0.4) is 0 Å². The first-order valence-electron chi connectivity index (χ1n) is 10.0.